The molecule has 5 heteroatoms. The van der Waals surface area contributed by atoms with Crippen LogP contribution in [0.3, 0.4) is 0 Å². The van der Waals surface area contributed by atoms with E-state index < -0.39 is 5.97 Å². The summed E-state index contributed by atoms with van der Waals surface area (Å²) in [4.78, 5) is 11.5. The Kier molecular flexibility index (Phi) is 5.34. The number of ether oxygens (including phenoxy) is 1. The van der Waals surface area contributed by atoms with Crippen LogP contribution in [-0.2, 0) is 11.3 Å². The smallest absolute Gasteiger partial charge is 0.374 e. The molecule has 1 heterocycles. The van der Waals surface area contributed by atoms with Crippen molar-refractivity contribution in [3.05, 3.63) is 23.7 Å². The monoisotopic (exact) mass is 283 g/mol. The van der Waals surface area contributed by atoms with E-state index in [0.29, 0.717) is 18.3 Å². The Morgan fingerprint density at radius 2 is 2.21 bits per heavy atom. The van der Waals surface area contributed by atoms with E-state index in [9.17, 15) is 4.79 Å². The molecule has 0 aliphatic heterocycles. The van der Waals surface area contributed by atoms with Gasteiger partial charge in [-0.25, -0.2) is 4.79 Å². The molecule has 4 nitrogen and oxygen atoms in total. The van der Waals surface area contributed by atoms with Crippen molar-refractivity contribution in [2.45, 2.75) is 43.5 Å². The lowest BCUT2D eigenvalue weighted by atomic mass is 9.95. The van der Waals surface area contributed by atoms with Crippen LogP contribution in [0.15, 0.2) is 16.7 Å². The van der Waals surface area contributed by atoms with Crippen molar-refractivity contribution in [2.75, 3.05) is 13.4 Å². The summed E-state index contributed by atoms with van der Waals surface area (Å²) < 4.78 is 9.87. The SMILES string of the molecule is COC(=O)c1occc1CNC1CCC(SC)CC1. The van der Waals surface area contributed by atoms with Gasteiger partial charge < -0.3 is 14.5 Å². The zero-order valence-electron chi connectivity index (χ0n) is 11.5. The number of carbonyl (C=O) groups excluding carboxylic acids is 1. The topological polar surface area (TPSA) is 51.5 Å². The summed E-state index contributed by atoms with van der Waals surface area (Å²) in [5.74, 6) is -0.0966. The van der Waals surface area contributed by atoms with Gasteiger partial charge in [0.2, 0.25) is 5.76 Å². The number of rotatable bonds is 5. The maximum Gasteiger partial charge on any atom is 0.374 e. The van der Waals surface area contributed by atoms with Gasteiger partial charge >= 0.3 is 5.97 Å². The van der Waals surface area contributed by atoms with Crippen molar-refractivity contribution in [1.82, 2.24) is 5.32 Å². The minimum atomic E-state index is -0.409. The van der Waals surface area contributed by atoms with Gasteiger partial charge in [0, 0.05) is 23.4 Å². The van der Waals surface area contributed by atoms with E-state index in [1.54, 1.807) is 0 Å². The number of furan rings is 1. The summed E-state index contributed by atoms with van der Waals surface area (Å²) in [6, 6.07) is 2.37. The molecular weight excluding hydrogens is 262 g/mol. The normalized spacial score (nSPS) is 23.3. The van der Waals surface area contributed by atoms with Crippen molar-refractivity contribution in [1.29, 1.82) is 0 Å². The number of carbonyl (C=O) groups is 1. The van der Waals surface area contributed by atoms with Gasteiger partial charge in [0.1, 0.15) is 0 Å². The molecule has 0 bridgehead atoms. The van der Waals surface area contributed by atoms with Gasteiger partial charge in [-0.3, -0.25) is 0 Å². The fourth-order valence-corrected chi connectivity index (χ4v) is 3.25. The molecule has 0 aromatic carbocycles. The van der Waals surface area contributed by atoms with Gasteiger partial charge in [-0.05, 0) is 38.0 Å². The first-order chi connectivity index (χ1) is 9.24. The van der Waals surface area contributed by atoms with Crippen LogP contribution in [0, 0.1) is 0 Å². The standard InChI is InChI=1S/C14H21NO3S/c1-17-14(16)13-10(7-8-18-13)9-15-11-3-5-12(19-2)6-4-11/h7-8,11-12,15H,3-6,9H2,1-2H3. The highest BCUT2D eigenvalue weighted by Crippen LogP contribution is 2.27. The summed E-state index contributed by atoms with van der Waals surface area (Å²) in [7, 11) is 1.37. The third-order valence-electron chi connectivity index (χ3n) is 3.71. The Morgan fingerprint density at radius 1 is 1.47 bits per heavy atom. The molecule has 1 aromatic rings. The van der Waals surface area contributed by atoms with Crippen molar-refractivity contribution >= 4 is 17.7 Å². The number of methoxy groups -OCH3 is 1. The molecule has 1 aliphatic carbocycles. The second-order valence-electron chi connectivity index (χ2n) is 4.86. The van der Waals surface area contributed by atoms with Crippen LogP contribution in [0.25, 0.3) is 0 Å². The fourth-order valence-electron chi connectivity index (χ4n) is 2.50. The largest absolute Gasteiger partial charge is 0.463 e. The van der Waals surface area contributed by atoms with E-state index in [2.05, 4.69) is 11.6 Å². The third kappa shape index (κ3) is 3.76. The van der Waals surface area contributed by atoms with Gasteiger partial charge in [0.15, 0.2) is 0 Å². The average molecular weight is 283 g/mol. The van der Waals surface area contributed by atoms with Gasteiger partial charge in [0.05, 0.1) is 13.4 Å². The molecule has 19 heavy (non-hydrogen) atoms. The lowest BCUT2D eigenvalue weighted by molar-refractivity contribution is 0.0563. The van der Waals surface area contributed by atoms with Crippen LogP contribution >= 0.6 is 11.8 Å². The van der Waals surface area contributed by atoms with Crippen LogP contribution in [-0.4, -0.2) is 30.6 Å². The molecule has 0 amide bonds. The molecule has 106 valence electrons. The Bertz CT molecular complexity index is 411. The van der Waals surface area contributed by atoms with Crippen LogP contribution in [0.5, 0.6) is 0 Å². The van der Waals surface area contributed by atoms with E-state index in [1.807, 2.05) is 17.8 Å². The predicted molar refractivity (Wildman–Crippen MR) is 76.4 cm³/mol. The molecule has 0 atom stereocenters. The minimum absolute atomic E-state index is 0.313. The van der Waals surface area contributed by atoms with Crippen molar-refractivity contribution in [3.63, 3.8) is 0 Å². The number of hydrogen-bond donors (Lipinski definition) is 1. The van der Waals surface area contributed by atoms with Crippen molar-refractivity contribution < 1.29 is 13.9 Å². The maximum absolute atomic E-state index is 11.5. The highest BCUT2D eigenvalue weighted by atomic mass is 32.2. The summed E-state index contributed by atoms with van der Waals surface area (Å²) in [5, 5.41) is 4.33. The number of esters is 1. The maximum atomic E-state index is 11.5. The molecule has 0 unspecified atom stereocenters. The van der Waals surface area contributed by atoms with Crippen LogP contribution in [0.1, 0.15) is 41.8 Å². The molecule has 0 spiro atoms. The van der Waals surface area contributed by atoms with Gasteiger partial charge in [0.25, 0.3) is 0 Å². The molecule has 1 N–H and O–H groups in total. The zero-order valence-corrected chi connectivity index (χ0v) is 12.3. The first-order valence-electron chi connectivity index (χ1n) is 6.65. The molecule has 1 aliphatic rings. The summed E-state index contributed by atoms with van der Waals surface area (Å²) in [6.45, 7) is 0.662. The van der Waals surface area contributed by atoms with E-state index in [-0.39, 0.29) is 0 Å². The zero-order chi connectivity index (χ0) is 13.7. The molecule has 0 radical (unpaired) electrons. The Labute approximate surface area is 118 Å². The average Bonchev–Trinajstić information content (AvgIpc) is 2.93. The molecular formula is C14H21NO3S. The van der Waals surface area contributed by atoms with Gasteiger partial charge in [-0.15, -0.1) is 0 Å². The van der Waals surface area contributed by atoms with Crippen LogP contribution in [0.2, 0.25) is 0 Å². The van der Waals surface area contributed by atoms with Crippen molar-refractivity contribution in [3.8, 4) is 0 Å². The van der Waals surface area contributed by atoms with E-state index in [4.69, 9.17) is 9.15 Å². The second kappa shape index (κ2) is 7.01. The number of thioether (sulfide) groups is 1. The molecule has 0 saturated heterocycles. The summed E-state index contributed by atoms with van der Waals surface area (Å²) >= 11 is 1.97. The van der Waals surface area contributed by atoms with E-state index in [1.165, 1.54) is 39.1 Å². The number of nitrogens with one attached hydrogen (secondary N) is 1. The fraction of sp³-hybridized carbons (Fsp3) is 0.643. The highest BCUT2D eigenvalue weighted by molar-refractivity contribution is 7.99. The molecule has 1 aromatic heterocycles. The summed E-state index contributed by atoms with van der Waals surface area (Å²) in [5.41, 5.74) is 0.874. The minimum Gasteiger partial charge on any atom is -0.463 e. The van der Waals surface area contributed by atoms with Crippen LogP contribution < -0.4 is 5.32 Å². The first kappa shape index (κ1) is 14.5. The quantitative estimate of drug-likeness (QED) is 0.842. The molecule has 1 saturated carbocycles. The molecule has 2 rings (SSSR count). The van der Waals surface area contributed by atoms with Gasteiger partial charge in [-0.2, -0.15) is 11.8 Å². The van der Waals surface area contributed by atoms with Gasteiger partial charge in [-0.1, -0.05) is 0 Å². The Morgan fingerprint density at radius 3 is 2.84 bits per heavy atom. The lowest BCUT2D eigenvalue weighted by Crippen LogP contribution is -2.33. The first-order valence-corrected chi connectivity index (χ1v) is 7.94. The van der Waals surface area contributed by atoms with E-state index in [0.717, 1.165) is 10.8 Å². The lowest BCUT2D eigenvalue weighted by Gasteiger charge is -2.28. The third-order valence-corrected chi connectivity index (χ3v) is 4.84. The second-order valence-corrected chi connectivity index (χ2v) is 5.99. The summed E-state index contributed by atoms with van der Waals surface area (Å²) in [6.07, 6.45) is 8.68. The highest BCUT2D eigenvalue weighted by Gasteiger charge is 2.21. The molecule has 1 fully saturated rings. The predicted octanol–water partition coefficient (Wildman–Crippen LogP) is 2.83. The van der Waals surface area contributed by atoms with Crippen molar-refractivity contribution in [2.24, 2.45) is 0 Å². The Hall–Kier alpha value is -0.940. The number of hydrogen-bond acceptors (Lipinski definition) is 5. The Balaban J connectivity index is 1.83. The van der Waals surface area contributed by atoms with Crippen LogP contribution in [0.4, 0.5) is 0 Å². The van der Waals surface area contributed by atoms with E-state index >= 15 is 0 Å².